The van der Waals surface area contributed by atoms with Gasteiger partial charge in [0.05, 0.1) is 12.2 Å². The van der Waals surface area contributed by atoms with E-state index in [0.717, 1.165) is 16.7 Å². The second-order valence-corrected chi connectivity index (χ2v) is 6.14. The largest absolute Gasteiger partial charge is 0.399 e. The van der Waals surface area contributed by atoms with E-state index in [1.54, 1.807) is 12.1 Å². The molecule has 0 heterocycles. The summed E-state index contributed by atoms with van der Waals surface area (Å²) in [6.07, 6.45) is 5.00. The lowest BCUT2D eigenvalue weighted by atomic mass is 10.2. The third kappa shape index (κ3) is 3.96. The zero-order chi connectivity index (χ0) is 14.5. The van der Waals surface area contributed by atoms with Gasteiger partial charge in [0.1, 0.15) is 0 Å². The average Bonchev–Trinajstić information content (AvgIpc) is 2.93. The third-order valence-electron chi connectivity index (χ3n) is 3.86. The van der Waals surface area contributed by atoms with Gasteiger partial charge in [-0.05, 0) is 53.5 Å². The number of likely N-dealkylation sites (N-methyl/N-ethyl adjacent to an activating group) is 1. The van der Waals surface area contributed by atoms with Crippen molar-refractivity contribution < 1.29 is 4.79 Å². The van der Waals surface area contributed by atoms with Gasteiger partial charge in [0.25, 0.3) is 0 Å². The monoisotopic (exact) mass is 339 g/mol. The van der Waals surface area contributed by atoms with E-state index in [4.69, 9.17) is 5.73 Å². The smallest absolute Gasteiger partial charge is 0.238 e. The minimum atomic E-state index is 0.0317. The first-order valence-corrected chi connectivity index (χ1v) is 7.98. The van der Waals surface area contributed by atoms with Gasteiger partial charge in [-0.15, -0.1) is 0 Å². The molecule has 0 saturated heterocycles. The Morgan fingerprint density at radius 2 is 2.15 bits per heavy atom. The van der Waals surface area contributed by atoms with Gasteiger partial charge in [-0.2, -0.15) is 0 Å². The number of benzene rings is 1. The molecule has 0 bridgehead atoms. The van der Waals surface area contributed by atoms with Crippen LogP contribution in [-0.2, 0) is 4.79 Å². The summed E-state index contributed by atoms with van der Waals surface area (Å²) in [7, 11) is 0. The van der Waals surface area contributed by atoms with E-state index < -0.39 is 0 Å². The molecule has 0 atom stereocenters. The van der Waals surface area contributed by atoms with Crippen LogP contribution in [0.3, 0.4) is 0 Å². The predicted molar refractivity (Wildman–Crippen MR) is 86.7 cm³/mol. The number of hydrogen-bond donors (Lipinski definition) is 2. The highest BCUT2D eigenvalue weighted by atomic mass is 79.9. The molecule has 1 saturated carbocycles. The molecule has 0 radical (unpaired) electrons. The summed E-state index contributed by atoms with van der Waals surface area (Å²) < 4.78 is 0.815. The molecule has 110 valence electrons. The molecule has 20 heavy (non-hydrogen) atoms. The van der Waals surface area contributed by atoms with Crippen LogP contribution >= 0.6 is 15.9 Å². The number of halogens is 1. The fourth-order valence-electron chi connectivity index (χ4n) is 2.78. The fourth-order valence-corrected chi connectivity index (χ4v) is 3.27. The summed E-state index contributed by atoms with van der Waals surface area (Å²) >= 11 is 3.42. The van der Waals surface area contributed by atoms with Crippen molar-refractivity contribution in [3.63, 3.8) is 0 Å². The van der Waals surface area contributed by atoms with E-state index in [0.29, 0.717) is 18.3 Å². The van der Waals surface area contributed by atoms with Crippen molar-refractivity contribution in [1.29, 1.82) is 0 Å². The average molecular weight is 340 g/mol. The summed E-state index contributed by atoms with van der Waals surface area (Å²) in [5, 5.41) is 2.94. The molecule has 0 unspecified atom stereocenters. The molecule has 1 aromatic carbocycles. The van der Waals surface area contributed by atoms with Gasteiger partial charge >= 0.3 is 0 Å². The van der Waals surface area contributed by atoms with Gasteiger partial charge in [-0.1, -0.05) is 19.8 Å². The number of nitrogens with zero attached hydrogens (tertiary/aromatic N) is 1. The van der Waals surface area contributed by atoms with Crippen molar-refractivity contribution in [2.75, 3.05) is 24.1 Å². The number of nitrogens with one attached hydrogen (secondary N) is 1. The molecule has 0 aliphatic heterocycles. The maximum Gasteiger partial charge on any atom is 0.238 e. The van der Waals surface area contributed by atoms with E-state index >= 15 is 0 Å². The van der Waals surface area contributed by atoms with Crippen LogP contribution in [-0.4, -0.2) is 29.9 Å². The predicted octanol–water partition coefficient (Wildman–Crippen LogP) is 3.23. The second kappa shape index (κ2) is 7.09. The van der Waals surface area contributed by atoms with Crippen LogP contribution in [0.25, 0.3) is 0 Å². The van der Waals surface area contributed by atoms with Gasteiger partial charge in [-0.3, -0.25) is 9.69 Å². The van der Waals surface area contributed by atoms with Crippen LogP contribution < -0.4 is 11.1 Å². The number of anilines is 2. The highest BCUT2D eigenvalue weighted by molar-refractivity contribution is 9.10. The van der Waals surface area contributed by atoms with Crippen LogP contribution in [0.5, 0.6) is 0 Å². The van der Waals surface area contributed by atoms with E-state index in [1.165, 1.54) is 25.7 Å². The Bertz CT molecular complexity index is 472. The maximum atomic E-state index is 12.2. The molecule has 1 amide bonds. The first-order chi connectivity index (χ1) is 9.60. The number of carbonyl (C=O) groups is 1. The summed E-state index contributed by atoms with van der Waals surface area (Å²) in [6.45, 7) is 3.49. The summed E-state index contributed by atoms with van der Waals surface area (Å²) in [6, 6.07) is 5.98. The molecule has 2 rings (SSSR count). The zero-order valence-corrected chi connectivity index (χ0v) is 13.4. The molecular weight excluding hydrogens is 318 g/mol. The normalized spacial score (nSPS) is 15.8. The molecule has 4 nitrogen and oxygen atoms in total. The van der Waals surface area contributed by atoms with Crippen LogP contribution in [0.4, 0.5) is 11.4 Å². The van der Waals surface area contributed by atoms with Gasteiger partial charge < -0.3 is 11.1 Å². The Hall–Kier alpha value is -1.07. The number of carbonyl (C=O) groups excluding carboxylic acids is 1. The number of nitrogens with two attached hydrogens (primary N) is 1. The first-order valence-electron chi connectivity index (χ1n) is 7.19. The Balaban J connectivity index is 1.93. The van der Waals surface area contributed by atoms with Crippen LogP contribution in [0.1, 0.15) is 32.6 Å². The molecule has 3 N–H and O–H groups in total. The van der Waals surface area contributed by atoms with Crippen molar-refractivity contribution in [3.8, 4) is 0 Å². The van der Waals surface area contributed by atoms with E-state index in [9.17, 15) is 4.79 Å². The van der Waals surface area contributed by atoms with Crippen molar-refractivity contribution in [2.45, 2.75) is 38.6 Å². The van der Waals surface area contributed by atoms with Crippen LogP contribution in [0.2, 0.25) is 0 Å². The summed E-state index contributed by atoms with van der Waals surface area (Å²) in [4.78, 5) is 14.4. The third-order valence-corrected chi connectivity index (χ3v) is 4.52. The number of nitrogen functional groups attached to an aromatic ring is 1. The summed E-state index contributed by atoms with van der Waals surface area (Å²) in [5.74, 6) is 0.0317. The van der Waals surface area contributed by atoms with Crippen LogP contribution in [0, 0.1) is 0 Å². The Kier molecular flexibility index (Phi) is 5.43. The van der Waals surface area contributed by atoms with E-state index in [2.05, 4.69) is 33.1 Å². The first kappa shape index (κ1) is 15.3. The van der Waals surface area contributed by atoms with E-state index in [1.807, 2.05) is 6.07 Å². The molecule has 5 heteroatoms. The second-order valence-electron chi connectivity index (χ2n) is 5.29. The van der Waals surface area contributed by atoms with Crippen LogP contribution in [0.15, 0.2) is 22.7 Å². The minimum absolute atomic E-state index is 0.0317. The number of rotatable bonds is 5. The van der Waals surface area contributed by atoms with E-state index in [-0.39, 0.29) is 5.91 Å². The molecule has 1 aliphatic carbocycles. The molecule has 0 spiro atoms. The van der Waals surface area contributed by atoms with Crippen molar-refractivity contribution in [3.05, 3.63) is 22.7 Å². The Morgan fingerprint density at radius 3 is 2.75 bits per heavy atom. The zero-order valence-electron chi connectivity index (χ0n) is 11.9. The van der Waals surface area contributed by atoms with Crippen molar-refractivity contribution in [2.24, 2.45) is 0 Å². The van der Waals surface area contributed by atoms with Crippen molar-refractivity contribution in [1.82, 2.24) is 4.90 Å². The fraction of sp³-hybridized carbons (Fsp3) is 0.533. The van der Waals surface area contributed by atoms with Gasteiger partial charge in [-0.25, -0.2) is 0 Å². The quantitative estimate of drug-likeness (QED) is 0.809. The van der Waals surface area contributed by atoms with Gasteiger partial charge in [0.2, 0.25) is 5.91 Å². The topological polar surface area (TPSA) is 58.4 Å². The minimum Gasteiger partial charge on any atom is -0.399 e. The Morgan fingerprint density at radius 1 is 1.45 bits per heavy atom. The summed E-state index contributed by atoms with van der Waals surface area (Å²) in [5.41, 5.74) is 7.14. The lowest BCUT2D eigenvalue weighted by Crippen LogP contribution is -2.39. The Labute approximate surface area is 128 Å². The molecule has 1 aromatic rings. The van der Waals surface area contributed by atoms with Crippen molar-refractivity contribution >= 4 is 33.2 Å². The standard InChI is InChI=1S/C15H22BrN3O/c1-2-19(12-5-3-4-6-12)10-15(20)18-14-8-7-11(17)9-13(14)16/h7-9,12H,2-6,10,17H2,1H3,(H,18,20). The van der Waals surface area contributed by atoms with Gasteiger partial charge in [0, 0.05) is 16.2 Å². The maximum absolute atomic E-state index is 12.2. The lowest BCUT2D eigenvalue weighted by molar-refractivity contribution is -0.117. The SMILES string of the molecule is CCN(CC(=O)Nc1ccc(N)cc1Br)C1CCCC1. The molecular formula is C15H22BrN3O. The highest BCUT2D eigenvalue weighted by Gasteiger charge is 2.23. The molecule has 1 fully saturated rings. The molecule has 0 aromatic heterocycles. The van der Waals surface area contributed by atoms with Gasteiger partial charge in [0.15, 0.2) is 0 Å². The highest BCUT2D eigenvalue weighted by Crippen LogP contribution is 2.25. The number of hydrogen-bond acceptors (Lipinski definition) is 3. The lowest BCUT2D eigenvalue weighted by Gasteiger charge is -2.26. The molecule has 1 aliphatic rings. The number of amides is 1.